The van der Waals surface area contributed by atoms with Gasteiger partial charge in [-0.25, -0.2) is 4.79 Å². The van der Waals surface area contributed by atoms with Crippen molar-refractivity contribution in [2.24, 2.45) is 11.7 Å². The number of nitrogens with one attached hydrogen (secondary N) is 2. The highest BCUT2D eigenvalue weighted by atomic mass is 16.2. The number of rotatable bonds is 3. The van der Waals surface area contributed by atoms with Gasteiger partial charge in [0, 0.05) is 36.4 Å². The molecule has 4 N–H and O–H groups in total. The molecule has 1 saturated carbocycles. The molecule has 0 bridgehead atoms. The molecule has 1 heterocycles. The summed E-state index contributed by atoms with van der Waals surface area (Å²) in [5.74, 6) is 0.284. The first-order valence-corrected chi connectivity index (χ1v) is 10.3. The number of aryl methyl sites for hydroxylation is 1. The van der Waals surface area contributed by atoms with Crippen molar-refractivity contribution >= 4 is 23.3 Å². The van der Waals surface area contributed by atoms with E-state index < -0.39 is 0 Å². The predicted molar refractivity (Wildman–Crippen MR) is 115 cm³/mol. The molecule has 0 aromatic heterocycles. The quantitative estimate of drug-likeness (QED) is 0.745. The molecule has 1 fully saturated rings. The molecule has 2 unspecified atom stereocenters. The molecule has 2 aromatic carbocycles. The number of carbonyl (C=O) groups excluding carboxylic acids is 2. The van der Waals surface area contributed by atoms with Crippen LogP contribution in [0.2, 0.25) is 0 Å². The van der Waals surface area contributed by atoms with Crippen LogP contribution < -0.4 is 16.4 Å². The summed E-state index contributed by atoms with van der Waals surface area (Å²) in [7, 11) is 0. The molecule has 2 aliphatic rings. The Morgan fingerprint density at radius 3 is 2.59 bits per heavy atom. The number of fused-ring (bicyclic) bond motifs is 1. The third-order valence-corrected chi connectivity index (χ3v) is 5.96. The minimum absolute atomic E-state index is 0.0631. The molecule has 2 aromatic rings. The van der Waals surface area contributed by atoms with Crippen LogP contribution in [-0.4, -0.2) is 29.4 Å². The van der Waals surface area contributed by atoms with Gasteiger partial charge in [-0.15, -0.1) is 0 Å². The van der Waals surface area contributed by atoms with E-state index in [0.717, 1.165) is 53.7 Å². The lowest BCUT2D eigenvalue weighted by Crippen LogP contribution is -2.39. The number of carbonyl (C=O) groups is 2. The van der Waals surface area contributed by atoms with Gasteiger partial charge in [0.15, 0.2) is 0 Å². The summed E-state index contributed by atoms with van der Waals surface area (Å²) in [6, 6.07) is 13.5. The summed E-state index contributed by atoms with van der Waals surface area (Å²) in [5, 5.41) is 5.83. The maximum Gasteiger partial charge on any atom is 0.323 e. The second-order valence-corrected chi connectivity index (χ2v) is 8.17. The summed E-state index contributed by atoms with van der Waals surface area (Å²) >= 11 is 0. The molecule has 4 rings (SSSR count). The fourth-order valence-electron chi connectivity index (χ4n) is 4.34. The summed E-state index contributed by atoms with van der Waals surface area (Å²) in [6.45, 7) is 3.28. The zero-order valence-corrected chi connectivity index (χ0v) is 16.8. The van der Waals surface area contributed by atoms with Crippen molar-refractivity contribution in [1.29, 1.82) is 0 Å². The zero-order valence-electron chi connectivity index (χ0n) is 16.8. The molecular formula is C23H28N4O2. The summed E-state index contributed by atoms with van der Waals surface area (Å²) in [6.07, 6.45) is 3.36. The van der Waals surface area contributed by atoms with E-state index in [2.05, 4.69) is 10.6 Å². The Labute approximate surface area is 171 Å². The maximum absolute atomic E-state index is 12.8. The Balaban J connectivity index is 1.42. The van der Waals surface area contributed by atoms with Crippen molar-refractivity contribution in [3.63, 3.8) is 0 Å². The molecular weight excluding hydrogens is 364 g/mol. The van der Waals surface area contributed by atoms with Crippen LogP contribution in [0.25, 0.3) is 0 Å². The first kappa shape index (κ1) is 19.5. The molecule has 0 radical (unpaired) electrons. The SMILES string of the molecule is Cc1ccc(NC(=O)Nc2cccc3c2CCN(C(=O)C2CCC(N)C2)C3)cc1. The van der Waals surface area contributed by atoms with Gasteiger partial charge in [-0.3, -0.25) is 4.79 Å². The summed E-state index contributed by atoms with van der Waals surface area (Å²) in [5.41, 5.74) is 10.9. The van der Waals surface area contributed by atoms with Gasteiger partial charge in [0.2, 0.25) is 5.91 Å². The lowest BCUT2D eigenvalue weighted by atomic mass is 9.96. The summed E-state index contributed by atoms with van der Waals surface area (Å²) in [4.78, 5) is 27.2. The predicted octanol–water partition coefficient (Wildman–Crippen LogP) is 3.65. The van der Waals surface area contributed by atoms with Gasteiger partial charge < -0.3 is 21.3 Å². The number of nitrogens with zero attached hydrogens (tertiary/aromatic N) is 1. The minimum Gasteiger partial charge on any atom is -0.338 e. The monoisotopic (exact) mass is 392 g/mol. The molecule has 6 heteroatoms. The van der Waals surface area contributed by atoms with Crippen molar-refractivity contribution in [2.45, 2.75) is 45.2 Å². The van der Waals surface area contributed by atoms with Crippen LogP contribution in [0, 0.1) is 12.8 Å². The van der Waals surface area contributed by atoms with Gasteiger partial charge in [0.05, 0.1) is 0 Å². The number of anilines is 2. The normalized spacial score (nSPS) is 20.8. The molecule has 0 spiro atoms. The number of hydrogen-bond donors (Lipinski definition) is 3. The van der Waals surface area contributed by atoms with Gasteiger partial charge in [-0.05, 0) is 61.9 Å². The average Bonchev–Trinajstić information content (AvgIpc) is 3.15. The van der Waals surface area contributed by atoms with Crippen LogP contribution >= 0.6 is 0 Å². The molecule has 2 atom stereocenters. The van der Waals surface area contributed by atoms with Crippen molar-refractivity contribution in [3.05, 3.63) is 59.2 Å². The highest BCUT2D eigenvalue weighted by molar-refractivity contribution is 6.00. The van der Waals surface area contributed by atoms with E-state index in [0.29, 0.717) is 13.1 Å². The van der Waals surface area contributed by atoms with Crippen LogP contribution in [0.15, 0.2) is 42.5 Å². The fourth-order valence-corrected chi connectivity index (χ4v) is 4.34. The number of hydrogen-bond acceptors (Lipinski definition) is 3. The van der Waals surface area contributed by atoms with Crippen molar-refractivity contribution in [2.75, 3.05) is 17.2 Å². The standard InChI is InChI=1S/C23H28N4O2/c1-15-5-9-19(10-6-15)25-23(29)26-21-4-2-3-17-14-27(12-11-20(17)21)22(28)16-7-8-18(24)13-16/h2-6,9-10,16,18H,7-8,11-14,24H2,1H3,(H2,25,26,29). The molecule has 152 valence electrons. The Hall–Kier alpha value is -2.86. The Morgan fingerprint density at radius 2 is 1.86 bits per heavy atom. The Morgan fingerprint density at radius 1 is 1.07 bits per heavy atom. The van der Waals surface area contributed by atoms with E-state index >= 15 is 0 Å². The van der Waals surface area contributed by atoms with Crippen molar-refractivity contribution in [3.8, 4) is 0 Å². The zero-order chi connectivity index (χ0) is 20.4. The Kier molecular flexibility index (Phi) is 5.53. The molecule has 1 aliphatic heterocycles. The number of amides is 3. The third-order valence-electron chi connectivity index (χ3n) is 5.96. The van der Waals surface area contributed by atoms with Crippen LogP contribution in [0.1, 0.15) is 36.0 Å². The number of benzene rings is 2. The fraction of sp³-hybridized carbons (Fsp3) is 0.391. The number of urea groups is 1. The molecule has 29 heavy (non-hydrogen) atoms. The van der Waals surface area contributed by atoms with Gasteiger partial charge in [-0.2, -0.15) is 0 Å². The van der Waals surface area contributed by atoms with Crippen LogP contribution in [-0.2, 0) is 17.8 Å². The molecule has 0 saturated heterocycles. The molecule has 1 aliphatic carbocycles. The van der Waals surface area contributed by atoms with Crippen molar-refractivity contribution in [1.82, 2.24) is 4.90 Å². The second-order valence-electron chi connectivity index (χ2n) is 8.17. The van der Waals surface area contributed by atoms with E-state index in [1.807, 2.05) is 54.3 Å². The second kappa shape index (κ2) is 8.25. The first-order valence-electron chi connectivity index (χ1n) is 10.3. The van der Waals surface area contributed by atoms with Gasteiger partial charge in [0.1, 0.15) is 0 Å². The Bertz CT molecular complexity index is 910. The first-order chi connectivity index (χ1) is 14.0. The van der Waals surface area contributed by atoms with Crippen LogP contribution in [0.4, 0.5) is 16.2 Å². The van der Waals surface area contributed by atoms with E-state index in [4.69, 9.17) is 5.73 Å². The summed E-state index contributed by atoms with van der Waals surface area (Å²) < 4.78 is 0. The highest BCUT2D eigenvalue weighted by Crippen LogP contribution is 2.31. The van der Waals surface area contributed by atoms with Crippen molar-refractivity contribution < 1.29 is 9.59 Å². The molecule has 6 nitrogen and oxygen atoms in total. The largest absolute Gasteiger partial charge is 0.338 e. The van der Waals surface area contributed by atoms with E-state index in [-0.39, 0.29) is 23.9 Å². The minimum atomic E-state index is -0.263. The lowest BCUT2D eigenvalue weighted by Gasteiger charge is -2.32. The van der Waals surface area contributed by atoms with Crippen LogP contribution in [0.3, 0.4) is 0 Å². The van der Waals surface area contributed by atoms with Gasteiger partial charge in [0.25, 0.3) is 0 Å². The lowest BCUT2D eigenvalue weighted by molar-refractivity contribution is -0.136. The topological polar surface area (TPSA) is 87.5 Å². The average molecular weight is 393 g/mol. The van der Waals surface area contributed by atoms with Gasteiger partial charge in [-0.1, -0.05) is 29.8 Å². The van der Waals surface area contributed by atoms with E-state index in [1.165, 1.54) is 0 Å². The van der Waals surface area contributed by atoms with E-state index in [9.17, 15) is 9.59 Å². The van der Waals surface area contributed by atoms with Crippen LogP contribution in [0.5, 0.6) is 0 Å². The van der Waals surface area contributed by atoms with E-state index in [1.54, 1.807) is 0 Å². The smallest absolute Gasteiger partial charge is 0.323 e. The molecule has 3 amide bonds. The maximum atomic E-state index is 12.8. The highest BCUT2D eigenvalue weighted by Gasteiger charge is 2.32. The number of nitrogens with two attached hydrogens (primary N) is 1. The third kappa shape index (κ3) is 4.43. The van der Waals surface area contributed by atoms with Gasteiger partial charge >= 0.3 is 6.03 Å².